The molecule has 0 saturated carbocycles. The maximum Gasteiger partial charge on any atom is 0.432 e. The molecule has 0 saturated heterocycles. The van der Waals surface area contributed by atoms with Crippen molar-refractivity contribution in [2.45, 2.75) is 12.3 Å². The summed E-state index contributed by atoms with van der Waals surface area (Å²) >= 11 is 0. The molecule has 3 aromatic rings. The maximum atomic E-state index is 14.4. The molecule has 1 heterocycles. The lowest BCUT2D eigenvalue weighted by molar-refractivity contribution is -0.112. The number of carbonyl (C=O) groups excluding carboxylic acids is 1. The second kappa shape index (κ2) is 10.6. The molecule has 1 atom stereocenters. The molecule has 2 aromatic carbocycles. The maximum absolute atomic E-state index is 14.4. The highest BCUT2D eigenvalue weighted by Crippen LogP contribution is 2.26. The Kier molecular flexibility index (Phi) is 7.58. The van der Waals surface area contributed by atoms with Crippen LogP contribution < -0.4 is 10.6 Å². The minimum Gasteiger partial charge on any atom is -0.384 e. The summed E-state index contributed by atoms with van der Waals surface area (Å²) in [6.07, 6.45) is -3.08. The van der Waals surface area contributed by atoms with Gasteiger partial charge >= 0.3 is 6.18 Å². The van der Waals surface area contributed by atoms with E-state index >= 15 is 0 Å². The summed E-state index contributed by atoms with van der Waals surface area (Å²) in [6, 6.07) is 13.9. The number of amides is 1. The molecule has 4 N–H and O–H groups in total. The van der Waals surface area contributed by atoms with Crippen LogP contribution in [0.2, 0.25) is 0 Å². The van der Waals surface area contributed by atoms with Crippen LogP contribution >= 0.6 is 0 Å². The number of carbonyl (C=O) groups is 1. The van der Waals surface area contributed by atoms with Crippen molar-refractivity contribution in [1.82, 2.24) is 4.98 Å². The van der Waals surface area contributed by atoms with Gasteiger partial charge < -0.3 is 15.7 Å². The smallest absolute Gasteiger partial charge is 0.384 e. The van der Waals surface area contributed by atoms with Crippen LogP contribution in [0.4, 0.5) is 28.9 Å². The number of hydrogen-bond acceptors (Lipinski definition) is 6. The van der Waals surface area contributed by atoms with E-state index in [0.717, 1.165) is 12.1 Å². The van der Waals surface area contributed by atoms with Gasteiger partial charge in [0.15, 0.2) is 0 Å². The standard InChI is InChI=1S/C24H17F4N5O2/c25-18-5-4-16(22(34)15-6-8-31-9-7-15)11-19(18)33-23(35)20(12-21(30)24(26,27)28)32-17-3-1-2-14(10-17)13-29/h1-12,22,30,32,34H,(H,33,35)/b20-12-,30-21?. The van der Waals surface area contributed by atoms with Crippen molar-refractivity contribution in [2.75, 3.05) is 10.6 Å². The Balaban J connectivity index is 1.92. The zero-order valence-corrected chi connectivity index (χ0v) is 17.8. The Labute approximate surface area is 196 Å². The van der Waals surface area contributed by atoms with E-state index in [1.54, 1.807) is 0 Å². The van der Waals surface area contributed by atoms with Crippen molar-refractivity contribution in [3.05, 3.63) is 101 Å². The second-order valence-electron chi connectivity index (χ2n) is 7.16. The molecule has 1 aromatic heterocycles. The SMILES string of the molecule is N#Cc1cccc(N/C(=C\C(=N)C(F)(F)F)C(=O)Nc2cc(C(O)c3ccncc3)ccc2F)c1. The molecule has 7 nitrogen and oxygen atoms in total. The molecule has 1 amide bonds. The Morgan fingerprint density at radius 3 is 2.46 bits per heavy atom. The van der Waals surface area contributed by atoms with E-state index < -0.39 is 41.1 Å². The van der Waals surface area contributed by atoms with Crippen molar-refractivity contribution in [2.24, 2.45) is 0 Å². The second-order valence-corrected chi connectivity index (χ2v) is 7.16. The largest absolute Gasteiger partial charge is 0.432 e. The van der Waals surface area contributed by atoms with Gasteiger partial charge in [0.25, 0.3) is 5.91 Å². The lowest BCUT2D eigenvalue weighted by Gasteiger charge is -2.16. The first-order valence-corrected chi connectivity index (χ1v) is 9.92. The van der Waals surface area contributed by atoms with Gasteiger partial charge in [-0.1, -0.05) is 12.1 Å². The third-order valence-electron chi connectivity index (χ3n) is 4.69. The lowest BCUT2D eigenvalue weighted by atomic mass is 10.0. The van der Waals surface area contributed by atoms with Crippen molar-refractivity contribution in [3.8, 4) is 6.07 Å². The fourth-order valence-electron chi connectivity index (χ4n) is 2.94. The molecule has 0 aliphatic carbocycles. The summed E-state index contributed by atoms with van der Waals surface area (Å²) in [4.78, 5) is 16.7. The fraction of sp³-hybridized carbons (Fsp3) is 0.0833. The number of alkyl halides is 3. The molecule has 0 spiro atoms. The molecule has 0 radical (unpaired) electrons. The molecule has 0 aliphatic rings. The van der Waals surface area contributed by atoms with Gasteiger partial charge in [0.1, 0.15) is 23.3 Å². The summed E-state index contributed by atoms with van der Waals surface area (Å²) in [7, 11) is 0. The molecule has 1 unspecified atom stereocenters. The molecule has 178 valence electrons. The number of aliphatic hydroxyl groups is 1. The first-order chi connectivity index (χ1) is 16.6. The van der Waals surface area contributed by atoms with E-state index in [4.69, 9.17) is 10.7 Å². The highest BCUT2D eigenvalue weighted by atomic mass is 19.4. The zero-order chi connectivity index (χ0) is 25.6. The summed E-state index contributed by atoms with van der Waals surface area (Å²) < 4.78 is 53.3. The summed E-state index contributed by atoms with van der Waals surface area (Å²) in [6.45, 7) is 0. The van der Waals surface area contributed by atoms with Crippen LogP contribution in [0.5, 0.6) is 0 Å². The van der Waals surface area contributed by atoms with E-state index in [2.05, 4.69) is 15.6 Å². The minimum absolute atomic E-state index is 0.0998. The minimum atomic E-state index is -5.04. The number of allylic oxidation sites excluding steroid dienone is 1. The van der Waals surface area contributed by atoms with E-state index in [0.29, 0.717) is 5.56 Å². The first kappa shape index (κ1) is 25.1. The molecule has 35 heavy (non-hydrogen) atoms. The Hall–Kier alpha value is -4.56. The van der Waals surface area contributed by atoms with E-state index in [9.17, 15) is 27.5 Å². The van der Waals surface area contributed by atoms with Gasteiger partial charge in [-0.3, -0.25) is 15.2 Å². The van der Waals surface area contributed by atoms with Crippen LogP contribution in [0.25, 0.3) is 0 Å². The number of benzene rings is 2. The van der Waals surface area contributed by atoms with Crippen molar-refractivity contribution >= 4 is 23.0 Å². The number of nitrogens with one attached hydrogen (secondary N) is 3. The number of halogens is 4. The van der Waals surface area contributed by atoms with Gasteiger partial charge in [-0.15, -0.1) is 0 Å². The highest BCUT2D eigenvalue weighted by Gasteiger charge is 2.33. The first-order valence-electron chi connectivity index (χ1n) is 9.92. The van der Waals surface area contributed by atoms with Crippen LogP contribution in [-0.4, -0.2) is 27.9 Å². The van der Waals surface area contributed by atoms with Crippen LogP contribution in [0.1, 0.15) is 22.8 Å². The third kappa shape index (κ3) is 6.49. The number of hydrogen-bond donors (Lipinski definition) is 4. The zero-order valence-electron chi connectivity index (χ0n) is 17.8. The fourth-order valence-corrected chi connectivity index (χ4v) is 2.94. The molecule has 0 fully saturated rings. The number of rotatable bonds is 7. The van der Waals surface area contributed by atoms with Gasteiger partial charge in [-0.05, 0) is 59.7 Å². The van der Waals surface area contributed by atoms with Crippen molar-refractivity contribution < 1.29 is 27.5 Å². The number of aliphatic hydroxyl groups excluding tert-OH is 1. The Morgan fingerprint density at radius 1 is 1.09 bits per heavy atom. The Morgan fingerprint density at radius 2 is 1.80 bits per heavy atom. The number of nitrogens with zero attached hydrogens (tertiary/aromatic N) is 2. The van der Waals surface area contributed by atoms with Gasteiger partial charge in [0, 0.05) is 18.1 Å². The highest BCUT2D eigenvalue weighted by molar-refractivity contribution is 6.11. The summed E-state index contributed by atoms with van der Waals surface area (Å²) in [5.41, 5.74) is -2.03. The van der Waals surface area contributed by atoms with Gasteiger partial charge in [-0.2, -0.15) is 18.4 Å². The molecular weight excluding hydrogens is 466 g/mol. The number of pyridine rings is 1. The molecule has 11 heteroatoms. The average molecular weight is 483 g/mol. The van der Waals surface area contributed by atoms with Crippen LogP contribution in [0, 0.1) is 22.6 Å². The molecule has 0 bridgehead atoms. The van der Waals surface area contributed by atoms with Gasteiger partial charge in [0.05, 0.1) is 17.3 Å². The predicted molar refractivity (Wildman–Crippen MR) is 120 cm³/mol. The van der Waals surface area contributed by atoms with Crippen LogP contribution in [0.15, 0.2) is 78.8 Å². The van der Waals surface area contributed by atoms with Crippen molar-refractivity contribution in [1.29, 1.82) is 10.7 Å². The summed E-state index contributed by atoms with van der Waals surface area (Å²) in [5, 5.41) is 31.4. The third-order valence-corrected chi connectivity index (χ3v) is 4.69. The lowest BCUT2D eigenvalue weighted by Crippen LogP contribution is -2.26. The topological polar surface area (TPSA) is 122 Å². The number of anilines is 2. The van der Waals surface area contributed by atoms with Crippen LogP contribution in [-0.2, 0) is 4.79 Å². The predicted octanol–water partition coefficient (Wildman–Crippen LogP) is 4.69. The average Bonchev–Trinajstić information content (AvgIpc) is 2.84. The monoisotopic (exact) mass is 483 g/mol. The van der Waals surface area contributed by atoms with Gasteiger partial charge in [-0.25, -0.2) is 4.39 Å². The number of nitriles is 1. The van der Waals surface area contributed by atoms with Crippen LogP contribution in [0.3, 0.4) is 0 Å². The van der Waals surface area contributed by atoms with Gasteiger partial charge in [0.2, 0.25) is 0 Å². The normalized spacial score (nSPS) is 12.4. The van der Waals surface area contributed by atoms with Crippen molar-refractivity contribution in [3.63, 3.8) is 0 Å². The van der Waals surface area contributed by atoms with E-state index in [1.807, 2.05) is 6.07 Å². The molecule has 3 rings (SSSR count). The quantitative estimate of drug-likeness (QED) is 0.221. The molecule has 0 aliphatic heterocycles. The van der Waals surface area contributed by atoms with E-state index in [1.165, 1.54) is 54.9 Å². The summed E-state index contributed by atoms with van der Waals surface area (Å²) in [5.74, 6) is -2.09. The molecular formula is C24H17F4N5O2. The van der Waals surface area contributed by atoms with E-state index in [-0.39, 0.29) is 22.9 Å². The number of aromatic nitrogens is 1. The Bertz CT molecular complexity index is 1320.